The van der Waals surface area contributed by atoms with Gasteiger partial charge in [-0.05, 0) is 50.0 Å². The van der Waals surface area contributed by atoms with Gasteiger partial charge in [-0.15, -0.1) is 0 Å². The van der Waals surface area contributed by atoms with Crippen molar-refractivity contribution in [1.29, 1.82) is 0 Å². The first-order chi connectivity index (χ1) is 13.4. The van der Waals surface area contributed by atoms with Crippen LogP contribution >= 0.6 is 0 Å². The summed E-state index contributed by atoms with van der Waals surface area (Å²) < 4.78 is 15.1. The molecule has 1 aliphatic carbocycles. The molecule has 2 fully saturated rings. The van der Waals surface area contributed by atoms with Crippen molar-refractivity contribution in [1.82, 2.24) is 19.5 Å². The van der Waals surface area contributed by atoms with Crippen molar-refractivity contribution < 1.29 is 14.3 Å². The SMILES string of the molecule is C[C@@H](C1CCC(O)(c2ccc3ncnn3c2)CC1)C(N)C(=O)N1CC[C@H](F)C1. The van der Waals surface area contributed by atoms with Gasteiger partial charge in [0, 0.05) is 18.3 Å². The van der Waals surface area contributed by atoms with E-state index in [1.54, 1.807) is 9.42 Å². The normalized spacial score (nSPS) is 30.5. The molecule has 152 valence electrons. The van der Waals surface area contributed by atoms with Gasteiger partial charge in [-0.2, -0.15) is 5.10 Å². The zero-order valence-corrected chi connectivity index (χ0v) is 16.2. The van der Waals surface area contributed by atoms with Crippen LogP contribution in [0.2, 0.25) is 0 Å². The van der Waals surface area contributed by atoms with Gasteiger partial charge in [-0.1, -0.05) is 13.0 Å². The number of hydrogen-bond donors (Lipinski definition) is 2. The Morgan fingerprint density at radius 1 is 1.36 bits per heavy atom. The predicted molar refractivity (Wildman–Crippen MR) is 102 cm³/mol. The van der Waals surface area contributed by atoms with E-state index in [1.807, 2.05) is 25.3 Å². The number of nitrogens with two attached hydrogens (primary N) is 1. The molecule has 0 bridgehead atoms. The molecule has 0 spiro atoms. The second kappa shape index (κ2) is 7.40. The predicted octanol–water partition coefficient (Wildman–Crippen LogP) is 1.64. The van der Waals surface area contributed by atoms with E-state index in [9.17, 15) is 14.3 Å². The quantitative estimate of drug-likeness (QED) is 0.829. The standard InChI is InChI=1S/C20H28FN5O2/c1-13(18(22)19(27)25-9-6-16(21)11-25)14-4-7-20(28,8-5-14)15-2-3-17-23-12-24-26(17)10-15/h2-3,10,12-14,16,18,28H,4-9,11,22H2,1H3/t13-,14?,16-,18?,20?/m0/s1. The Morgan fingerprint density at radius 3 is 2.79 bits per heavy atom. The number of alkyl halides is 1. The topological polar surface area (TPSA) is 96.7 Å². The van der Waals surface area contributed by atoms with Gasteiger partial charge in [0.2, 0.25) is 5.91 Å². The molecule has 4 rings (SSSR count). The molecule has 1 saturated carbocycles. The first-order valence-corrected chi connectivity index (χ1v) is 10.1. The summed E-state index contributed by atoms with van der Waals surface area (Å²) in [5.41, 5.74) is 6.93. The summed E-state index contributed by atoms with van der Waals surface area (Å²) in [5, 5.41) is 15.3. The largest absolute Gasteiger partial charge is 0.385 e. The third-order valence-electron chi connectivity index (χ3n) is 6.71. The van der Waals surface area contributed by atoms with Crippen molar-refractivity contribution >= 4 is 11.6 Å². The first kappa shape index (κ1) is 19.3. The highest BCUT2D eigenvalue weighted by Gasteiger charge is 2.40. The fourth-order valence-corrected chi connectivity index (χ4v) is 4.67. The van der Waals surface area contributed by atoms with E-state index in [1.165, 1.54) is 6.33 Å². The summed E-state index contributed by atoms with van der Waals surface area (Å²) in [6.45, 7) is 2.62. The lowest BCUT2D eigenvalue weighted by Gasteiger charge is -2.40. The van der Waals surface area contributed by atoms with Crippen LogP contribution in [0.15, 0.2) is 24.7 Å². The molecular formula is C20H28FN5O2. The Kier molecular flexibility index (Phi) is 5.09. The Balaban J connectivity index is 1.39. The molecule has 3 N–H and O–H groups in total. The van der Waals surface area contributed by atoms with Crippen LogP contribution in [0.3, 0.4) is 0 Å². The molecule has 1 saturated heterocycles. The lowest BCUT2D eigenvalue weighted by Crippen LogP contribution is -2.49. The monoisotopic (exact) mass is 389 g/mol. The molecule has 0 radical (unpaired) electrons. The van der Waals surface area contributed by atoms with Crippen LogP contribution in [-0.4, -0.2) is 55.8 Å². The van der Waals surface area contributed by atoms with Crippen LogP contribution in [0.4, 0.5) is 4.39 Å². The number of fused-ring (bicyclic) bond motifs is 1. The molecule has 28 heavy (non-hydrogen) atoms. The van der Waals surface area contributed by atoms with Crippen molar-refractivity contribution in [3.8, 4) is 0 Å². The summed E-state index contributed by atoms with van der Waals surface area (Å²) in [5.74, 6) is 0.108. The van der Waals surface area contributed by atoms with Gasteiger partial charge >= 0.3 is 0 Å². The highest BCUT2D eigenvalue weighted by atomic mass is 19.1. The number of rotatable bonds is 4. The summed E-state index contributed by atoms with van der Waals surface area (Å²) in [4.78, 5) is 18.3. The molecule has 7 nitrogen and oxygen atoms in total. The number of hydrogen-bond acceptors (Lipinski definition) is 5. The number of halogens is 1. The third kappa shape index (κ3) is 3.51. The molecular weight excluding hydrogens is 361 g/mol. The Bertz CT molecular complexity index is 848. The number of aromatic nitrogens is 3. The Labute approximate surface area is 163 Å². The van der Waals surface area contributed by atoms with Crippen LogP contribution in [-0.2, 0) is 10.4 Å². The number of likely N-dealkylation sites (tertiary alicyclic amines) is 1. The highest BCUT2D eigenvalue weighted by Crippen LogP contribution is 2.42. The van der Waals surface area contributed by atoms with E-state index in [0.717, 1.165) is 24.1 Å². The summed E-state index contributed by atoms with van der Waals surface area (Å²) >= 11 is 0. The molecule has 3 atom stereocenters. The van der Waals surface area contributed by atoms with Crippen LogP contribution in [0.5, 0.6) is 0 Å². The average molecular weight is 389 g/mol. The smallest absolute Gasteiger partial charge is 0.239 e. The molecule has 2 aliphatic rings. The maximum Gasteiger partial charge on any atom is 0.239 e. The maximum atomic E-state index is 13.4. The van der Waals surface area contributed by atoms with Crippen LogP contribution in [0, 0.1) is 11.8 Å². The van der Waals surface area contributed by atoms with Crippen LogP contribution in [0.25, 0.3) is 5.65 Å². The van der Waals surface area contributed by atoms with Gasteiger partial charge in [0.25, 0.3) is 0 Å². The van der Waals surface area contributed by atoms with E-state index < -0.39 is 17.8 Å². The molecule has 0 aromatic carbocycles. The lowest BCUT2D eigenvalue weighted by molar-refractivity contribution is -0.133. The van der Waals surface area contributed by atoms with Gasteiger partial charge in [-0.25, -0.2) is 13.9 Å². The lowest BCUT2D eigenvalue weighted by atomic mass is 9.70. The zero-order valence-electron chi connectivity index (χ0n) is 16.2. The minimum atomic E-state index is -0.932. The van der Waals surface area contributed by atoms with Gasteiger partial charge in [0.1, 0.15) is 12.5 Å². The third-order valence-corrected chi connectivity index (χ3v) is 6.71. The van der Waals surface area contributed by atoms with Crippen molar-refractivity contribution in [3.63, 3.8) is 0 Å². The number of carbonyl (C=O) groups is 1. The highest BCUT2D eigenvalue weighted by molar-refractivity contribution is 5.82. The number of carbonyl (C=O) groups excluding carboxylic acids is 1. The summed E-state index contributed by atoms with van der Waals surface area (Å²) in [6.07, 6.45) is 5.60. The molecule has 1 unspecified atom stereocenters. The van der Waals surface area contributed by atoms with E-state index in [0.29, 0.717) is 25.8 Å². The maximum absolute atomic E-state index is 13.4. The number of nitrogens with zero attached hydrogens (tertiary/aromatic N) is 4. The summed E-state index contributed by atoms with van der Waals surface area (Å²) in [7, 11) is 0. The molecule has 3 heterocycles. The second-order valence-corrected chi connectivity index (χ2v) is 8.40. The number of aliphatic hydroxyl groups is 1. The molecule has 1 amide bonds. The molecule has 2 aromatic heterocycles. The summed E-state index contributed by atoms with van der Waals surface area (Å²) in [6, 6.07) is 3.15. The number of pyridine rings is 1. The first-order valence-electron chi connectivity index (χ1n) is 10.1. The Morgan fingerprint density at radius 2 is 2.11 bits per heavy atom. The minimum absolute atomic E-state index is 0.00601. The van der Waals surface area contributed by atoms with Gasteiger partial charge in [0.05, 0.1) is 18.2 Å². The van der Waals surface area contributed by atoms with Gasteiger partial charge < -0.3 is 15.7 Å². The van der Waals surface area contributed by atoms with Crippen LogP contribution in [0.1, 0.15) is 44.6 Å². The van der Waals surface area contributed by atoms with E-state index in [4.69, 9.17) is 5.73 Å². The van der Waals surface area contributed by atoms with Crippen molar-refractivity contribution in [2.75, 3.05) is 13.1 Å². The van der Waals surface area contributed by atoms with Crippen LogP contribution < -0.4 is 5.73 Å². The minimum Gasteiger partial charge on any atom is -0.385 e. The molecule has 1 aliphatic heterocycles. The van der Waals surface area contributed by atoms with E-state index in [-0.39, 0.29) is 24.3 Å². The number of amides is 1. The van der Waals surface area contributed by atoms with Crippen molar-refractivity contribution in [3.05, 3.63) is 30.2 Å². The van der Waals surface area contributed by atoms with Gasteiger partial charge in [-0.3, -0.25) is 4.79 Å². The van der Waals surface area contributed by atoms with E-state index in [2.05, 4.69) is 10.1 Å². The van der Waals surface area contributed by atoms with Crippen molar-refractivity contribution in [2.45, 2.75) is 56.8 Å². The zero-order chi connectivity index (χ0) is 19.9. The van der Waals surface area contributed by atoms with Gasteiger partial charge in [0.15, 0.2) is 5.65 Å². The fourth-order valence-electron chi connectivity index (χ4n) is 4.67. The van der Waals surface area contributed by atoms with E-state index >= 15 is 0 Å². The fraction of sp³-hybridized carbons (Fsp3) is 0.650. The molecule has 8 heteroatoms. The Hall–Kier alpha value is -2.06. The second-order valence-electron chi connectivity index (χ2n) is 8.40. The van der Waals surface area contributed by atoms with Crippen molar-refractivity contribution in [2.24, 2.45) is 17.6 Å². The average Bonchev–Trinajstić information content (AvgIpc) is 3.35. The molecule has 2 aromatic rings.